The molecule has 0 atom stereocenters. The quantitative estimate of drug-likeness (QED) is 0.744. The molecule has 0 fully saturated rings. The molecule has 2 nitrogen and oxygen atoms in total. The Morgan fingerprint density at radius 3 is 2.60 bits per heavy atom. The molecule has 0 bridgehead atoms. The summed E-state index contributed by atoms with van der Waals surface area (Å²) >= 11 is 3.17. The monoisotopic (exact) mass is 270 g/mol. The van der Waals surface area contributed by atoms with E-state index in [1.807, 2.05) is 0 Å². The van der Waals surface area contributed by atoms with Gasteiger partial charge in [-0.1, -0.05) is 0 Å². The van der Waals surface area contributed by atoms with E-state index in [9.17, 15) is 8.78 Å². The molecule has 76 valence electrons. The first-order chi connectivity index (χ1) is 7.18. The second-order valence-corrected chi connectivity index (χ2v) is 3.60. The Hall–Kier alpha value is -1.36. The van der Waals surface area contributed by atoms with Crippen molar-refractivity contribution < 1.29 is 8.78 Å². The Morgan fingerprint density at radius 1 is 1.13 bits per heavy atom. The fourth-order valence-corrected chi connectivity index (χ4v) is 1.61. The number of nitrogens with zero attached hydrogens (tertiary/aromatic N) is 2. The molecule has 0 aliphatic carbocycles. The second kappa shape index (κ2) is 4.02. The van der Waals surface area contributed by atoms with Crippen molar-refractivity contribution in [2.45, 2.75) is 0 Å². The van der Waals surface area contributed by atoms with Crippen LogP contribution in [-0.2, 0) is 0 Å². The van der Waals surface area contributed by atoms with Crippen molar-refractivity contribution in [3.05, 3.63) is 47.0 Å². The van der Waals surface area contributed by atoms with Gasteiger partial charge in [-0.15, -0.1) is 0 Å². The third kappa shape index (κ3) is 2.02. The summed E-state index contributed by atoms with van der Waals surface area (Å²) in [6, 6.07) is 3.38. The van der Waals surface area contributed by atoms with E-state index in [1.54, 1.807) is 0 Å². The lowest BCUT2D eigenvalue weighted by molar-refractivity contribution is 0.585. The van der Waals surface area contributed by atoms with E-state index >= 15 is 0 Å². The topological polar surface area (TPSA) is 25.8 Å². The summed E-state index contributed by atoms with van der Waals surface area (Å²) in [7, 11) is 0. The first-order valence-corrected chi connectivity index (χ1v) is 4.88. The third-order valence-electron chi connectivity index (χ3n) is 1.88. The summed E-state index contributed by atoms with van der Waals surface area (Å²) in [4.78, 5) is 7.65. The van der Waals surface area contributed by atoms with Crippen LogP contribution in [0.1, 0.15) is 0 Å². The van der Waals surface area contributed by atoms with Crippen LogP contribution in [0, 0.1) is 11.6 Å². The van der Waals surface area contributed by atoms with Gasteiger partial charge in [0, 0.05) is 23.4 Å². The fraction of sp³-hybridized carbons (Fsp3) is 0. The van der Waals surface area contributed by atoms with Crippen molar-refractivity contribution in [1.29, 1.82) is 0 Å². The third-order valence-corrected chi connectivity index (χ3v) is 2.52. The van der Waals surface area contributed by atoms with Gasteiger partial charge in [0.05, 0.1) is 0 Å². The highest BCUT2D eigenvalue weighted by molar-refractivity contribution is 9.10. The van der Waals surface area contributed by atoms with Crippen LogP contribution in [0.25, 0.3) is 11.1 Å². The lowest BCUT2D eigenvalue weighted by Crippen LogP contribution is -1.90. The smallest absolute Gasteiger partial charge is 0.134 e. The molecule has 15 heavy (non-hydrogen) atoms. The van der Waals surface area contributed by atoms with Crippen LogP contribution in [0.15, 0.2) is 35.3 Å². The molecule has 5 heteroatoms. The molecule has 0 spiro atoms. The predicted octanol–water partition coefficient (Wildman–Crippen LogP) is 3.18. The summed E-state index contributed by atoms with van der Waals surface area (Å²) in [5, 5.41) is 0. The van der Waals surface area contributed by atoms with Crippen LogP contribution in [0.5, 0.6) is 0 Å². The molecule has 1 heterocycles. The fourth-order valence-electron chi connectivity index (χ4n) is 1.20. The van der Waals surface area contributed by atoms with E-state index in [0.29, 0.717) is 10.2 Å². The Kier molecular flexibility index (Phi) is 2.73. The zero-order valence-electron chi connectivity index (χ0n) is 7.42. The Balaban J connectivity index is 2.60. The highest BCUT2D eigenvalue weighted by Crippen LogP contribution is 2.27. The summed E-state index contributed by atoms with van der Waals surface area (Å²) in [6.45, 7) is 0. The number of benzene rings is 1. The van der Waals surface area contributed by atoms with Gasteiger partial charge >= 0.3 is 0 Å². The van der Waals surface area contributed by atoms with Crippen molar-refractivity contribution in [1.82, 2.24) is 9.97 Å². The minimum atomic E-state index is -0.634. The van der Waals surface area contributed by atoms with Gasteiger partial charge in [0.2, 0.25) is 0 Å². The summed E-state index contributed by atoms with van der Waals surface area (Å²) in [6.07, 6.45) is 2.81. The summed E-state index contributed by atoms with van der Waals surface area (Å²) in [5.74, 6) is -1.24. The van der Waals surface area contributed by atoms with E-state index in [-0.39, 0.29) is 5.56 Å². The molecule has 0 radical (unpaired) electrons. The predicted molar refractivity (Wildman–Crippen MR) is 55.1 cm³/mol. The molecular formula is C10H5BrF2N2. The number of hydrogen-bond donors (Lipinski definition) is 0. The molecule has 1 aromatic carbocycles. The SMILES string of the molecule is Fc1ccc(-c2cncnc2Br)c(F)c1. The van der Waals surface area contributed by atoms with E-state index in [1.165, 1.54) is 24.7 Å². The maximum Gasteiger partial charge on any atom is 0.134 e. The standard InChI is InChI=1S/C10H5BrF2N2/c11-10-8(4-14-5-15-10)7-2-1-6(12)3-9(7)13/h1-5H. The average Bonchev–Trinajstić information content (AvgIpc) is 2.20. The Morgan fingerprint density at radius 2 is 1.93 bits per heavy atom. The summed E-state index contributed by atoms with van der Waals surface area (Å²) in [5.41, 5.74) is 0.763. The normalized spacial score (nSPS) is 10.3. The molecule has 2 rings (SSSR count). The van der Waals surface area contributed by atoms with Crippen molar-refractivity contribution in [2.75, 3.05) is 0 Å². The highest BCUT2D eigenvalue weighted by Gasteiger charge is 2.09. The Labute approximate surface area is 93.1 Å². The molecule has 0 amide bonds. The molecule has 0 aliphatic heterocycles. The zero-order valence-corrected chi connectivity index (χ0v) is 9.00. The molecule has 0 saturated heterocycles. The van der Waals surface area contributed by atoms with E-state index in [0.717, 1.165) is 6.07 Å². The van der Waals surface area contributed by atoms with Gasteiger partial charge < -0.3 is 0 Å². The molecule has 1 aromatic heterocycles. The van der Waals surface area contributed by atoms with Crippen LogP contribution >= 0.6 is 15.9 Å². The lowest BCUT2D eigenvalue weighted by Gasteiger charge is -2.04. The van der Waals surface area contributed by atoms with Crippen LogP contribution in [0.4, 0.5) is 8.78 Å². The van der Waals surface area contributed by atoms with Crippen LogP contribution in [0.2, 0.25) is 0 Å². The van der Waals surface area contributed by atoms with Crippen LogP contribution in [0.3, 0.4) is 0 Å². The van der Waals surface area contributed by atoms with E-state index < -0.39 is 11.6 Å². The number of halogens is 3. The average molecular weight is 271 g/mol. The molecule has 0 aliphatic rings. The largest absolute Gasteiger partial charge is 0.244 e. The molecular weight excluding hydrogens is 266 g/mol. The van der Waals surface area contributed by atoms with Gasteiger partial charge in [-0.05, 0) is 28.1 Å². The van der Waals surface area contributed by atoms with Gasteiger partial charge in [0.1, 0.15) is 22.6 Å². The molecule has 2 aromatic rings. The van der Waals surface area contributed by atoms with E-state index in [2.05, 4.69) is 25.9 Å². The van der Waals surface area contributed by atoms with Gasteiger partial charge in [-0.2, -0.15) is 0 Å². The molecule has 0 unspecified atom stereocenters. The highest BCUT2D eigenvalue weighted by atomic mass is 79.9. The molecule has 0 saturated carbocycles. The minimum Gasteiger partial charge on any atom is -0.244 e. The zero-order chi connectivity index (χ0) is 10.8. The van der Waals surface area contributed by atoms with Crippen LogP contribution < -0.4 is 0 Å². The lowest BCUT2D eigenvalue weighted by atomic mass is 10.1. The number of aromatic nitrogens is 2. The van der Waals surface area contributed by atoms with Crippen LogP contribution in [-0.4, -0.2) is 9.97 Å². The number of hydrogen-bond acceptors (Lipinski definition) is 2. The summed E-state index contributed by atoms with van der Waals surface area (Å²) < 4.78 is 26.6. The van der Waals surface area contributed by atoms with Crippen molar-refractivity contribution in [2.24, 2.45) is 0 Å². The second-order valence-electron chi connectivity index (χ2n) is 2.85. The van der Waals surface area contributed by atoms with Gasteiger partial charge in [-0.25, -0.2) is 18.7 Å². The Bertz CT molecular complexity index is 503. The first kappa shape index (κ1) is 10.2. The van der Waals surface area contributed by atoms with Gasteiger partial charge in [0.15, 0.2) is 0 Å². The maximum atomic E-state index is 13.4. The minimum absolute atomic E-state index is 0.267. The number of rotatable bonds is 1. The van der Waals surface area contributed by atoms with Crippen molar-refractivity contribution >= 4 is 15.9 Å². The van der Waals surface area contributed by atoms with Crippen molar-refractivity contribution in [3.8, 4) is 11.1 Å². The van der Waals surface area contributed by atoms with Gasteiger partial charge in [0.25, 0.3) is 0 Å². The van der Waals surface area contributed by atoms with Gasteiger partial charge in [-0.3, -0.25) is 0 Å². The first-order valence-electron chi connectivity index (χ1n) is 4.09. The molecule has 0 N–H and O–H groups in total. The van der Waals surface area contributed by atoms with Crippen molar-refractivity contribution in [3.63, 3.8) is 0 Å². The van der Waals surface area contributed by atoms with E-state index in [4.69, 9.17) is 0 Å². The maximum absolute atomic E-state index is 13.4.